The molecule has 1 atom stereocenters. The molecule has 1 unspecified atom stereocenters. The van der Waals surface area contributed by atoms with Crippen molar-refractivity contribution in [3.8, 4) is 0 Å². The first kappa shape index (κ1) is 15.8. The maximum atomic E-state index is 10.8. The van der Waals surface area contributed by atoms with Crippen molar-refractivity contribution in [3.63, 3.8) is 0 Å². The SMILES string of the molecule is O=C(O)c1ccc(CNC2CCN(c3ncccc3Cl)C2)cc1. The second-order valence-electron chi connectivity index (χ2n) is 5.62. The quantitative estimate of drug-likeness (QED) is 0.882. The van der Waals surface area contributed by atoms with Crippen LogP contribution in [0, 0.1) is 0 Å². The largest absolute Gasteiger partial charge is 0.478 e. The van der Waals surface area contributed by atoms with Crippen molar-refractivity contribution in [3.05, 3.63) is 58.7 Å². The number of aromatic carboxylic acids is 1. The van der Waals surface area contributed by atoms with E-state index < -0.39 is 5.97 Å². The molecule has 3 rings (SSSR count). The van der Waals surface area contributed by atoms with E-state index in [0.29, 0.717) is 23.2 Å². The maximum absolute atomic E-state index is 10.8. The number of anilines is 1. The predicted octanol–water partition coefficient (Wildman–Crippen LogP) is 2.80. The van der Waals surface area contributed by atoms with Crippen LogP contribution in [0.3, 0.4) is 0 Å². The number of hydrogen-bond donors (Lipinski definition) is 2. The van der Waals surface area contributed by atoms with Gasteiger partial charge in [-0.1, -0.05) is 23.7 Å². The van der Waals surface area contributed by atoms with Gasteiger partial charge in [0.15, 0.2) is 0 Å². The maximum Gasteiger partial charge on any atom is 0.335 e. The summed E-state index contributed by atoms with van der Waals surface area (Å²) in [6, 6.07) is 11.0. The predicted molar refractivity (Wildman–Crippen MR) is 90.1 cm³/mol. The normalized spacial score (nSPS) is 17.4. The van der Waals surface area contributed by atoms with Crippen LogP contribution in [0.5, 0.6) is 0 Å². The fourth-order valence-corrected chi connectivity index (χ4v) is 3.00. The van der Waals surface area contributed by atoms with Gasteiger partial charge in [-0.3, -0.25) is 0 Å². The number of aromatic nitrogens is 1. The van der Waals surface area contributed by atoms with E-state index >= 15 is 0 Å². The molecule has 2 aromatic rings. The van der Waals surface area contributed by atoms with E-state index in [1.54, 1.807) is 18.3 Å². The van der Waals surface area contributed by atoms with Crippen molar-refractivity contribution in [1.29, 1.82) is 0 Å². The number of benzene rings is 1. The molecule has 1 aliphatic rings. The zero-order valence-electron chi connectivity index (χ0n) is 12.6. The molecule has 0 amide bonds. The molecular formula is C17H18ClN3O2. The number of rotatable bonds is 5. The van der Waals surface area contributed by atoms with Crippen LogP contribution >= 0.6 is 11.6 Å². The average molecular weight is 332 g/mol. The van der Waals surface area contributed by atoms with Gasteiger partial charge in [0.1, 0.15) is 5.82 Å². The summed E-state index contributed by atoms with van der Waals surface area (Å²) < 4.78 is 0. The monoisotopic (exact) mass is 331 g/mol. The highest BCUT2D eigenvalue weighted by atomic mass is 35.5. The highest BCUT2D eigenvalue weighted by Crippen LogP contribution is 2.25. The third-order valence-corrected chi connectivity index (χ3v) is 4.32. The number of nitrogens with one attached hydrogen (secondary N) is 1. The Bertz CT molecular complexity index is 690. The molecule has 1 aromatic heterocycles. The van der Waals surface area contributed by atoms with Gasteiger partial charge in [-0.15, -0.1) is 0 Å². The van der Waals surface area contributed by atoms with Crippen LogP contribution in [0.1, 0.15) is 22.3 Å². The Labute approximate surface area is 139 Å². The van der Waals surface area contributed by atoms with Gasteiger partial charge in [-0.05, 0) is 36.2 Å². The van der Waals surface area contributed by atoms with Gasteiger partial charge < -0.3 is 15.3 Å². The van der Waals surface area contributed by atoms with Crippen LogP contribution in [0.4, 0.5) is 5.82 Å². The van der Waals surface area contributed by atoms with Gasteiger partial charge in [0.05, 0.1) is 10.6 Å². The van der Waals surface area contributed by atoms with E-state index in [9.17, 15) is 4.79 Å². The Morgan fingerprint density at radius 2 is 2.13 bits per heavy atom. The van der Waals surface area contributed by atoms with Crippen molar-refractivity contribution in [1.82, 2.24) is 10.3 Å². The Morgan fingerprint density at radius 3 is 2.83 bits per heavy atom. The number of carbonyl (C=O) groups is 1. The van der Waals surface area contributed by atoms with Gasteiger partial charge in [0, 0.05) is 31.9 Å². The third-order valence-electron chi connectivity index (χ3n) is 4.02. The fraction of sp³-hybridized carbons (Fsp3) is 0.294. The summed E-state index contributed by atoms with van der Waals surface area (Å²) in [5, 5.41) is 13.1. The summed E-state index contributed by atoms with van der Waals surface area (Å²) in [6.45, 7) is 2.50. The molecule has 120 valence electrons. The zero-order valence-corrected chi connectivity index (χ0v) is 13.3. The molecule has 0 spiro atoms. The lowest BCUT2D eigenvalue weighted by Gasteiger charge is -2.19. The van der Waals surface area contributed by atoms with Crippen LogP contribution in [0.25, 0.3) is 0 Å². The van der Waals surface area contributed by atoms with Crippen LogP contribution in [0.15, 0.2) is 42.6 Å². The molecule has 1 fully saturated rings. The standard InChI is InChI=1S/C17H18ClN3O2/c18-15-2-1-8-19-16(15)21-9-7-14(11-21)20-10-12-3-5-13(6-4-12)17(22)23/h1-6,8,14,20H,7,9-11H2,(H,22,23). The van der Waals surface area contributed by atoms with Gasteiger partial charge in [0.2, 0.25) is 0 Å². The topological polar surface area (TPSA) is 65.5 Å². The average Bonchev–Trinajstić information content (AvgIpc) is 3.02. The van der Waals surface area contributed by atoms with E-state index in [1.807, 2.05) is 24.3 Å². The highest BCUT2D eigenvalue weighted by Gasteiger charge is 2.24. The third kappa shape index (κ3) is 3.81. The first-order valence-corrected chi connectivity index (χ1v) is 7.92. The van der Waals surface area contributed by atoms with Gasteiger partial charge in [-0.2, -0.15) is 0 Å². The molecule has 23 heavy (non-hydrogen) atoms. The lowest BCUT2D eigenvalue weighted by atomic mass is 10.1. The minimum atomic E-state index is -0.900. The molecule has 1 aliphatic heterocycles. The van der Waals surface area contributed by atoms with Crippen molar-refractivity contribution >= 4 is 23.4 Å². The first-order chi connectivity index (χ1) is 11.1. The van der Waals surface area contributed by atoms with E-state index in [4.69, 9.17) is 16.7 Å². The summed E-state index contributed by atoms with van der Waals surface area (Å²) in [7, 11) is 0. The number of carboxylic acid groups (broad SMARTS) is 1. The number of nitrogens with zero attached hydrogens (tertiary/aromatic N) is 2. The number of carboxylic acids is 1. The smallest absolute Gasteiger partial charge is 0.335 e. The minimum Gasteiger partial charge on any atom is -0.478 e. The molecule has 2 N–H and O–H groups in total. The van der Waals surface area contributed by atoms with E-state index in [2.05, 4.69) is 15.2 Å². The summed E-state index contributed by atoms with van der Waals surface area (Å²) in [5.41, 5.74) is 1.38. The van der Waals surface area contributed by atoms with Crippen molar-refractivity contribution in [2.24, 2.45) is 0 Å². The molecule has 0 bridgehead atoms. The molecular weight excluding hydrogens is 314 g/mol. The Balaban J connectivity index is 1.54. The highest BCUT2D eigenvalue weighted by molar-refractivity contribution is 6.32. The van der Waals surface area contributed by atoms with Crippen LogP contribution < -0.4 is 10.2 Å². The van der Waals surface area contributed by atoms with Gasteiger partial charge >= 0.3 is 5.97 Å². The molecule has 0 saturated carbocycles. The fourth-order valence-electron chi connectivity index (χ4n) is 2.76. The second-order valence-corrected chi connectivity index (χ2v) is 6.03. The van der Waals surface area contributed by atoms with Crippen LogP contribution in [-0.2, 0) is 6.54 Å². The molecule has 0 radical (unpaired) electrons. The molecule has 1 saturated heterocycles. The van der Waals surface area contributed by atoms with E-state index in [0.717, 1.165) is 30.9 Å². The molecule has 2 heterocycles. The first-order valence-electron chi connectivity index (χ1n) is 7.54. The Kier molecular flexibility index (Phi) is 4.79. The summed E-state index contributed by atoms with van der Waals surface area (Å²) in [5.74, 6) is -0.0625. The summed E-state index contributed by atoms with van der Waals surface area (Å²) >= 11 is 6.19. The molecule has 1 aromatic carbocycles. The zero-order chi connectivity index (χ0) is 16.2. The minimum absolute atomic E-state index is 0.311. The van der Waals surface area contributed by atoms with Crippen LogP contribution in [-0.4, -0.2) is 35.2 Å². The van der Waals surface area contributed by atoms with E-state index in [-0.39, 0.29) is 0 Å². The van der Waals surface area contributed by atoms with E-state index in [1.165, 1.54) is 0 Å². The Hall–Kier alpha value is -2.11. The number of halogens is 1. The van der Waals surface area contributed by atoms with Crippen molar-refractivity contribution in [2.75, 3.05) is 18.0 Å². The summed E-state index contributed by atoms with van der Waals surface area (Å²) in [6.07, 6.45) is 2.78. The van der Waals surface area contributed by atoms with Gasteiger partial charge in [0.25, 0.3) is 0 Å². The van der Waals surface area contributed by atoms with Crippen molar-refractivity contribution in [2.45, 2.75) is 19.0 Å². The van der Waals surface area contributed by atoms with Gasteiger partial charge in [-0.25, -0.2) is 9.78 Å². The number of hydrogen-bond acceptors (Lipinski definition) is 4. The van der Waals surface area contributed by atoms with Crippen LogP contribution in [0.2, 0.25) is 5.02 Å². The molecule has 0 aliphatic carbocycles. The van der Waals surface area contributed by atoms with Crippen molar-refractivity contribution < 1.29 is 9.90 Å². The summed E-state index contributed by atoms with van der Waals surface area (Å²) in [4.78, 5) is 17.4. The Morgan fingerprint density at radius 1 is 1.35 bits per heavy atom. The molecule has 6 heteroatoms. The second kappa shape index (κ2) is 6.98. The molecule has 5 nitrogen and oxygen atoms in total. The number of pyridine rings is 1. The lowest BCUT2D eigenvalue weighted by molar-refractivity contribution is 0.0697. The lowest BCUT2D eigenvalue weighted by Crippen LogP contribution is -2.32.